The first-order chi connectivity index (χ1) is 10.7. The highest BCUT2D eigenvalue weighted by molar-refractivity contribution is 5.93. The second-order valence-electron chi connectivity index (χ2n) is 5.06. The summed E-state index contributed by atoms with van der Waals surface area (Å²) in [4.78, 5) is 13.8. The van der Waals surface area contributed by atoms with Crippen molar-refractivity contribution in [2.75, 3.05) is 27.3 Å². The van der Waals surface area contributed by atoms with Crippen LogP contribution in [0.4, 0.5) is 0 Å². The fourth-order valence-electron chi connectivity index (χ4n) is 2.22. The van der Waals surface area contributed by atoms with Gasteiger partial charge in [0.15, 0.2) is 0 Å². The Morgan fingerprint density at radius 2 is 2.00 bits per heavy atom. The lowest BCUT2D eigenvalue weighted by atomic mass is 10.1. The third-order valence-corrected chi connectivity index (χ3v) is 3.42. The van der Waals surface area contributed by atoms with Crippen LogP contribution in [0.15, 0.2) is 47.1 Å². The zero-order chi connectivity index (χ0) is 15.8. The third kappa shape index (κ3) is 4.72. The largest absolute Gasteiger partial charge is 0.468 e. The summed E-state index contributed by atoms with van der Waals surface area (Å²) in [7, 11) is 3.33. The van der Waals surface area contributed by atoms with Crippen LogP contribution in [0, 0.1) is 0 Å². The maximum atomic E-state index is 11.5. The fraction of sp³-hybridized carbons (Fsp3) is 0.353. The van der Waals surface area contributed by atoms with Crippen molar-refractivity contribution in [1.82, 2.24) is 10.2 Å². The van der Waals surface area contributed by atoms with Crippen LogP contribution in [0.2, 0.25) is 0 Å². The lowest BCUT2D eigenvalue weighted by Crippen LogP contribution is -2.26. The summed E-state index contributed by atoms with van der Waals surface area (Å²) in [5.41, 5.74) is 1.82. The standard InChI is InChI=1S/C17H22N2O3/c1-18-17(20)15-7-5-14(6-8-15)12-19(9-11-21-2)13-16-4-3-10-22-16/h3-8,10H,9,11-13H2,1-2H3,(H,18,20). The molecule has 1 N–H and O–H groups in total. The van der Waals surface area contributed by atoms with Crippen LogP contribution in [-0.4, -0.2) is 38.1 Å². The topological polar surface area (TPSA) is 54.7 Å². The summed E-state index contributed by atoms with van der Waals surface area (Å²) in [6.45, 7) is 2.98. The van der Waals surface area contributed by atoms with Crippen molar-refractivity contribution in [3.05, 3.63) is 59.5 Å². The van der Waals surface area contributed by atoms with Crippen molar-refractivity contribution in [2.45, 2.75) is 13.1 Å². The molecule has 0 atom stereocenters. The number of ether oxygens (including phenoxy) is 1. The van der Waals surface area contributed by atoms with E-state index in [0.717, 1.165) is 31.0 Å². The van der Waals surface area contributed by atoms with E-state index >= 15 is 0 Å². The molecule has 1 aromatic carbocycles. The number of hydrogen-bond donors (Lipinski definition) is 1. The molecule has 0 bridgehead atoms. The highest BCUT2D eigenvalue weighted by atomic mass is 16.5. The smallest absolute Gasteiger partial charge is 0.251 e. The van der Waals surface area contributed by atoms with E-state index in [4.69, 9.17) is 9.15 Å². The SMILES string of the molecule is CNC(=O)c1ccc(CN(CCOC)Cc2ccco2)cc1. The average Bonchev–Trinajstić information content (AvgIpc) is 3.05. The van der Waals surface area contributed by atoms with Gasteiger partial charge >= 0.3 is 0 Å². The molecule has 0 unspecified atom stereocenters. The van der Waals surface area contributed by atoms with Crippen LogP contribution in [0.1, 0.15) is 21.7 Å². The number of benzene rings is 1. The van der Waals surface area contributed by atoms with Crippen LogP contribution >= 0.6 is 0 Å². The minimum atomic E-state index is -0.0709. The lowest BCUT2D eigenvalue weighted by molar-refractivity contribution is 0.0963. The Morgan fingerprint density at radius 1 is 1.23 bits per heavy atom. The molecule has 0 aliphatic heterocycles. The molecule has 1 aromatic heterocycles. The highest BCUT2D eigenvalue weighted by Gasteiger charge is 2.09. The summed E-state index contributed by atoms with van der Waals surface area (Å²) in [5.74, 6) is 0.858. The Morgan fingerprint density at radius 3 is 2.59 bits per heavy atom. The fourth-order valence-corrected chi connectivity index (χ4v) is 2.22. The molecule has 0 aliphatic rings. The van der Waals surface area contributed by atoms with Gasteiger partial charge in [0, 0.05) is 32.8 Å². The van der Waals surface area contributed by atoms with E-state index in [0.29, 0.717) is 12.2 Å². The van der Waals surface area contributed by atoms with Crippen molar-refractivity contribution < 1.29 is 13.9 Å². The van der Waals surface area contributed by atoms with Gasteiger partial charge in [-0.25, -0.2) is 0 Å². The van der Waals surface area contributed by atoms with Gasteiger partial charge in [0.1, 0.15) is 5.76 Å². The van der Waals surface area contributed by atoms with Gasteiger partial charge in [0.05, 0.1) is 19.4 Å². The van der Waals surface area contributed by atoms with E-state index < -0.39 is 0 Å². The molecule has 0 saturated heterocycles. The van der Waals surface area contributed by atoms with E-state index in [-0.39, 0.29) is 5.91 Å². The van der Waals surface area contributed by atoms with E-state index in [2.05, 4.69) is 10.2 Å². The van der Waals surface area contributed by atoms with Gasteiger partial charge in [-0.1, -0.05) is 12.1 Å². The van der Waals surface area contributed by atoms with Crippen LogP contribution in [0.5, 0.6) is 0 Å². The molecule has 118 valence electrons. The molecule has 0 fully saturated rings. The molecule has 5 heteroatoms. The quantitative estimate of drug-likeness (QED) is 0.813. The van der Waals surface area contributed by atoms with Gasteiger partial charge in [-0.2, -0.15) is 0 Å². The van der Waals surface area contributed by atoms with E-state index in [1.165, 1.54) is 0 Å². The molecular weight excluding hydrogens is 280 g/mol. The van der Waals surface area contributed by atoms with Crippen molar-refractivity contribution in [1.29, 1.82) is 0 Å². The number of nitrogens with one attached hydrogen (secondary N) is 1. The van der Waals surface area contributed by atoms with Crippen molar-refractivity contribution >= 4 is 5.91 Å². The summed E-state index contributed by atoms with van der Waals surface area (Å²) in [5, 5.41) is 2.62. The Balaban J connectivity index is 2.00. The zero-order valence-electron chi connectivity index (χ0n) is 13.0. The molecule has 5 nitrogen and oxygen atoms in total. The Bertz CT molecular complexity index is 564. The van der Waals surface area contributed by atoms with Gasteiger partial charge < -0.3 is 14.5 Å². The molecule has 0 aliphatic carbocycles. The number of rotatable bonds is 8. The minimum Gasteiger partial charge on any atom is -0.468 e. The summed E-state index contributed by atoms with van der Waals surface area (Å²) in [6, 6.07) is 11.5. The molecule has 22 heavy (non-hydrogen) atoms. The molecule has 0 radical (unpaired) electrons. The lowest BCUT2D eigenvalue weighted by Gasteiger charge is -2.21. The molecule has 2 rings (SSSR count). The van der Waals surface area contributed by atoms with Crippen LogP contribution in [-0.2, 0) is 17.8 Å². The average molecular weight is 302 g/mol. The predicted octanol–water partition coefficient (Wildman–Crippen LogP) is 2.29. The minimum absolute atomic E-state index is 0.0709. The van der Waals surface area contributed by atoms with Crippen LogP contribution < -0.4 is 5.32 Å². The maximum Gasteiger partial charge on any atom is 0.251 e. The first-order valence-corrected chi connectivity index (χ1v) is 7.27. The van der Waals surface area contributed by atoms with E-state index in [9.17, 15) is 4.79 Å². The predicted molar refractivity (Wildman–Crippen MR) is 84.5 cm³/mol. The van der Waals surface area contributed by atoms with Gasteiger partial charge in [0.25, 0.3) is 5.91 Å². The van der Waals surface area contributed by atoms with Crippen molar-refractivity contribution in [2.24, 2.45) is 0 Å². The Kier molecular flexibility index (Phi) is 6.18. The van der Waals surface area contributed by atoms with Gasteiger partial charge in [-0.15, -0.1) is 0 Å². The first-order valence-electron chi connectivity index (χ1n) is 7.27. The Hall–Kier alpha value is -2.11. The first kappa shape index (κ1) is 16.3. The Labute approximate surface area is 130 Å². The highest BCUT2D eigenvalue weighted by Crippen LogP contribution is 2.11. The third-order valence-electron chi connectivity index (χ3n) is 3.42. The van der Waals surface area contributed by atoms with Crippen molar-refractivity contribution in [3.8, 4) is 0 Å². The number of carbonyl (C=O) groups is 1. The van der Waals surface area contributed by atoms with E-state index in [1.54, 1.807) is 20.4 Å². The number of hydrogen-bond acceptors (Lipinski definition) is 4. The van der Waals surface area contributed by atoms with Gasteiger partial charge in [-0.3, -0.25) is 9.69 Å². The normalized spacial score (nSPS) is 10.9. The molecule has 0 saturated carbocycles. The number of nitrogens with zero attached hydrogens (tertiary/aromatic N) is 1. The monoisotopic (exact) mass is 302 g/mol. The number of amides is 1. The number of carbonyl (C=O) groups excluding carboxylic acids is 1. The molecule has 0 spiro atoms. The van der Waals surface area contributed by atoms with Crippen LogP contribution in [0.25, 0.3) is 0 Å². The molecule has 1 amide bonds. The van der Waals surface area contributed by atoms with Gasteiger partial charge in [-0.05, 0) is 29.8 Å². The number of furan rings is 1. The number of methoxy groups -OCH3 is 1. The maximum absolute atomic E-state index is 11.5. The van der Waals surface area contributed by atoms with Crippen molar-refractivity contribution in [3.63, 3.8) is 0 Å². The molecule has 1 heterocycles. The second-order valence-corrected chi connectivity index (χ2v) is 5.06. The molecular formula is C17H22N2O3. The van der Waals surface area contributed by atoms with E-state index in [1.807, 2.05) is 36.4 Å². The molecule has 2 aromatic rings. The summed E-state index contributed by atoms with van der Waals surface area (Å²) < 4.78 is 10.6. The summed E-state index contributed by atoms with van der Waals surface area (Å²) in [6.07, 6.45) is 1.68. The second kappa shape index (κ2) is 8.36. The van der Waals surface area contributed by atoms with Gasteiger partial charge in [0.2, 0.25) is 0 Å². The van der Waals surface area contributed by atoms with Crippen LogP contribution in [0.3, 0.4) is 0 Å². The summed E-state index contributed by atoms with van der Waals surface area (Å²) >= 11 is 0. The zero-order valence-corrected chi connectivity index (χ0v) is 13.0.